The third-order valence-electron chi connectivity index (χ3n) is 7.98. The Balaban J connectivity index is 1.42. The van der Waals surface area contributed by atoms with Crippen molar-refractivity contribution in [2.45, 2.75) is 84.5 Å². The van der Waals surface area contributed by atoms with E-state index in [0.717, 1.165) is 22.5 Å². The van der Waals surface area contributed by atoms with Gasteiger partial charge < -0.3 is 19.3 Å². The molecule has 0 bridgehead atoms. The number of carbonyl (C=O) groups excluding carboxylic acids is 3. The van der Waals surface area contributed by atoms with Gasteiger partial charge in [-0.1, -0.05) is 12.1 Å². The number of aromatic nitrogens is 1. The van der Waals surface area contributed by atoms with Crippen molar-refractivity contribution in [1.29, 1.82) is 0 Å². The number of nitrogens with one attached hydrogen (secondary N) is 1. The first-order valence-electron chi connectivity index (χ1n) is 14.2. The normalized spacial score (nSPS) is 20.6. The second-order valence-corrected chi connectivity index (χ2v) is 12.4. The SMILES string of the molecule is Cc1cc(COc2ccc(C3(C)CCN(C(C(=O)NO)C4CCN(C(=O)OC(C)(C)C)CC4)C3=O)cc2)cc(C)n1. The molecule has 0 radical (unpaired) electrons. The maximum absolute atomic E-state index is 13.9. The van der Waals surface area contributed by atoms with Gasteiger partial charge in [-0.2, -0.15) is 0 Å². The number of ether oxygens (including phenoxy) is 2. The Hall–Kier alpha value is -3.66. The van der Waals surface area contributed by atoms with Crippen LogP contribution in [-0.2, 0) is 26.3 Å². The van der Waals surface area contributed by atoms with Crippen LogP contribution in [0.2, 0.25) is 0 Å². The fraction of sp³-hybridized carbons (Fsp3) is 0.548. The number of benzene rings is 1. The average Bonchev–Trinajstić information content (AvgIpc) is 3.21. The van der Waals surface area contributed by atoms with Crippen molar-refractivity contribution in [2.24, 2.45) is 5.92 Å². The lowest BCUT2D eigenvalue weighted by Crippen LogP contribution is -2.55. The van der Waals surface area contributed by atoms with Crippen molar-refractivity contribution in [3.8, 4) is 5.75 Å². The maximum atomic E-state index is 13.9. The molecule has 0 saturated carbocycles. The van der Waals surface area contributed by atoms with Gasteiger partial charge in [-0.15, -0.1) is 0 Å². The van der Waals surface area contributed by atoms with Crippen LogP contribution < -0.4 is 10.2 Å². The molecule has 2 N–H and O–H groups in total. The van der Waals surface area contributed by atoms with Gasteiger partial charge in [0.25, 0.3) is 5.91 Å². The number of hydroxylamine groups is 1. The van der Waals surface area contributed by atoms with Crippen molar-refractivity contribution in [1.82, 2.24) is 20.3 Å². The zero-order chi connectivity index (χ0) is 29.9. The zero-order valence-electron chi connectivity index (χ0n) is 24.9. The largest absolute Gasteiger partial charge is 0.489 e. The van der Waals surface area contributed by atoms with E-state index in [1.165, 1.54) is 0 Å². The molecule has 1 aromatic carbocycles. The molecule has 0 aliphatic carbocycles. The monoisotopic (exact) mass is 566 g/mol. The van der Waals surface area contributed by atoms with Crippen LogP contribution in [0.3, 0.4) is 0 Å². The summed E-state index contributed by atoms with van der Waals surface area (Å²) in [6, 6.07) is 10.7. The van der Waals surface area contributed by atoms with Crippen LogP contribution in [-0.4, -0.2) is 69.2 Å². The standard InChI is InChI=1S/C31H42N4O6/c1-20-17-22(18-21(2)32-20)19-40-25-9-7-24(8-10-25)31(6)13-16-35(28(31)37)26(27(36)33-39)23-11-14-34(15-12-23)29(38)41-30(3,4)5/h7-10,17-18,23,26,39H,11-16,19H2,1-6H3,(H,33,36). The lowest BCUT2D eigenvalue weighted by atomic mass is 9.80. The Bertz CT molecular complexity index is 1250. The minimum absolute atomic E-state index is 0.155. The molecule has 222 valence electrons. The van der Waals surface area contributed by atoms with Crippen LogP contribution in [0.25, 0.3) is 0 Å². The van der Waals surface area contributed by atoms with Gasteiger partial charge in [0, 0.05) is 31.0 Å². The van der Waals surface area contributed by atoms with E-state index in [4.69, 9.17) is 9.47 Å². The molecule has 0 spiro atoms. The van der Waals surface area contributed by atoms with Crippen LogP contribution in [0.5, 0.6) is 5.75 Å². The summed E-state index contributed by atoms with van der Waals surface area (Å²) in [4.78, 5) is 46.9. The van der Waals surface area contributed by atoms with Crippen molar-refractivity contribution in [2.75, 3.05) is 19.6 Å². The molecule has 10 heteroatoms. The van der Waals surface area contributed by atoms with E-state index in [0.29, 0.717) is 51.3 Å². The van der Waals surface area contributed by atoms with Crippen molar-refractivity contribution in [3.63, 3.8) is 0 Å². The topological polar surface area (TPSA) is 121 Å². The van der Waals surface area contributed by atoms with Gasteiger partial charge in [0.15, 0.2) is 0 Å². The number of aryl methyl sites for hydroxylation is 2. The number of rotatable bonds is 7. The summed E-state index contributed by atoms with van der Waals surface area (Å²) in [5.74, 6) is -0.273. The molecule has 2 fully saturated rings. The second kappa shape index (κ2) is 12.1. The first-order chi connectivity index (χ1) is 19.3. The molecule has 3 amide bonds. The Morgan fingerprint density at radius 2 is 1.71 bits per heavy atom. The third-order valence-corrected chi connectivity index (χ3v) is 7.98. The van der Waals surface area contributed by atoms with Crippen molar-refractivity contribution >= 4 is 17.9 Å². The first-order valence-corrected chi connectivity index (χ1v) is 14.2. The Kier molecular flexibility index (Phi) is 8.91. The summed E-state index contributed by atoms with van der Waals surface area (Å²) in [7, 11) is 0. The highest BCUT2D eigenvalue weighted by molar-refractivity contribution is 5.94. The molecule has 1 aromatic heterocycles. The fourth-order valence-corrected chi connectivity index (χ4v) is 5.89. The molecular weight excluding hydrogens is 524 g/mol. The molecule has 3 heterocycles. The highest BCUT2D eigenvalue weighted by Gasteiger charge is 2.50. The van der Waals surface area contributed by atoms with Crippen molar-refractivity contribution in [3.05, 3.63) is 58.9 Å². The van der Waals surface area contributed by atoms with Gasteiger partial charge in [-0.3, -0.25) is 19.8 Å². The Morgan fingerprint density at radius 1 is 1.10 bits per heavy atom. The van der Waals surface area contributed by atoms with Gasteiger partial charge in [0.1, 0.15) is 24.0 Å². The fourth-order valence-electron chi connectivity index (χ4n) is 5.89. The summed E-state index contributed by atoms with van der Waals surface area (Å²) < 4.78 is 11.5. The van der Waals surface area contributed by atoms with Gasteiger partial charge >= 0.3 is 6.09 Å². The highest BCUT2D eigenvalue weighted by Crippen LogP contribution is 2.39. The molecule has 2 unspecified atom stereocenters. The van der Waals surface area contributed by atoms with E-state index in [1.807, 2.05) is 77.9 Å². The van der Waals surface area contributed by atoms with Crippen LogP contribution in [0.4, 0.5) is 4.79 Å². The van der Waals surface area contributed by atoms with Crippen LogP contribution in [0.1, 0.15) is 69.5 Å². The van der Waals surface area contributed by atoms with E-state index < -0.39 is 23.0 Å². The van der Waals surface area contributed by atoms with Crippen LogP contribution >= 0.6 is 0 Å². The van der Waals surface area contributed by atoms with Gasteiger partial charge in [-0.05, 0) is 102 Å². The molecular formula is C31H42N4O6. The van der Waals surface area contributed by atoms with E-state index in [1.54, 1.807) is 15.3 Å². The van der Waals surface area contributed by atoms with Crippen LogP contribution in [0, 0.1) is 19.8 Å². The molecule has 41 heavy (non-hydrogen) atoms. The van der Waals surface area contributed by atoms with E-state index in [9.17, 15) is 19.6 Å². The van der Waals surface area contributed by atoms with Gasteiger partial charge in [-0.25, -0.2) is 10.3 Å². The van der Waals surface area contributed by atoms with E-state index >= 15 is 0 Å². The molecule has 2 aliphatic heterocycles. The molecule has 2 atom stereocenters. The number of amides is 3. The Morgan fingerprint density at radius 3 is 2.27 bits per heavy atom. The minimum Gasteiger partial charge on any atom is -0.489 e. The molecule has 2 aromatic rings. The number of nitrogens with zero attached hydrogens (tertiary/aromatic N) is 3. The van der Waals surface area contributed by atoms with Gasteiger partial charge in [0.05, 0.1) is 5.41 Å². The third kappa shape index (κ3) is 6.98. The number of hydrogen-bond donors (Lipinski definition) is 2. The number of piperidine rings is 1. The maximum Gasteiger partial charge on any atom is 0.410 e. The lowest BCUT2D eigenvalue weighted by molar-refractivity contribution is -0.146. The minimum atomic E-state index is -0.829. The van der Waals surface area contributed by atoms with E-state index in [-0.39, 0.29) is 17.9 Å². The van der Waals surface area contributed by atoms with Crippen molar-refractivity contribution < 1.29 is 29.1 Å². The van der Waals surface area contributed by atoms with Crippen LogP contribution in [0.15, 0.2) is 36.4 Å². The molecule has 10 nitrogen and oxygen atoms in total. The summed E-state index contributed by atoms with van der Waals surface area (Å²) in [6.07, 6.45) is 1.18. The van der Waals surface area contributed by atoms with Gasteiger partial charge in [0.2, 0.25) is 5.91 Å². The summed E-state index contributed by atoms with van der Waals surface area (Å²) in [6.45, 7) is 12.9. The lowest BCUT2D eigenvalue weighted by Gasteiger charge is -2.39. The first kappa shape index (κ1) is 30.3. The average molecular weight is 567 g/mol. The number of hydrogen-bond acceptors (Lipinski definition) is 7. The summed E-state index contributed by atoms with van der Waals surface area (Å²) >= 11 is 0. The second-order valence-electron chi connectivity index (χ2n) is 12.4. The number of carbonyl (C=O) groups is 3. The molecule has 2 aliphatic rings. The summed E-state index contributed by atoms with van der Waals surface area (Å²) in [5.41, 5.74) is 4.13. The number of pyridine rings is 1. The predicted molar refractivity (Wildman–Crippen MR) is 152 cm³/mol. The zero-order valence-corrected chi connectivity index (χ0v) is 24.9. The predicted octanol–water partition coefficient (Wildman–Crippen LogP) is 4.29. The highest BCUT2D eigenvalue weighted by atomic mass is 16.6. The molecule has 4 rings (SSSR count). The Labute approximate surface area is 242 Å². The smallest absolute Gasteiger partial charge is 0.410 e. The molecule has 2 saturated heterocycles. The number of likely N-dealkylation sites (tertiary alicyclic amines) is 2. The van der Waals surface area contributed by atoms with E-state index in [2.05, 4.69) is 4.98 Å². The quantitative estimate of drug-likeness (QED) is 0.379. The summed E-state index contributed by atoms with van der Waals surface area (Å²) in [5, 5.41) is 9.55.